The predicted molar refractivity (Wildman–Crippen MR) is 161 cm³/mol. The van der Waals surface area contributed by atoms with Gasteiger partial charge in [0.05, 0.1) is 10.6 Å². The van der Waals surface area contributed by atoms with Crippen molar-refractivity contribution in [2.75, 3.05) is 17.4 Å². The molecule has 3 aromatic carbocycles. The van der Waals surface area contributed by atoms with Crippen LogP contribution >= 0.6 is 23.2 Å². The maximum absolute atomic E-state index is 14.1. The number of carbonyl (C=O) groups is 2. The minimum Gasteiger partial charge on any atom is -0.354 e. The van der Waals surface area contributed by atoms with Gasteiger partial charge >= 0.3 is 0 Å². The fraction of sp³-hybridized carbons (Fsp3) is 0.333. The minimum absolute atomic E-state index is 0.0279. The Morgan fingerprint density at radius 2 is 1.62 bits per heavy atom. The van der Waals surface area contributed by atoms with E-state index in [2.05, 4.69) is 5.32 Å². The third-order valence-electron chi connectivity index (χ3n) is 6.35. The summed E-state index contributed by atoms with van der Waals surface area (Å²) in [5.74, 6) is -0.651. The van der Waals surface area contributed by atoms with Crippen LogP contribution in [0.25, 0.3) is 0 Å². The van der Waals surface area contributed by atoms with Gasteiger partial charge in [-0.15, -0.1) is 0 Å². The largest absolute Gasteiger partial charge is 0.354 e. The van der Waals surface area contributed by atoms with Gasteiger partial charge < -0.3 is 10.2 Å². The molecule has 1 N–H and O–H groups in total. The molecule has 3 rings (SSSR count). The Morgan fingerprint density at radius 3 is 2.23 bits per heavy atom. The molecule has 0 saturated heterocycles. The van der Waals surface area contributed by atoms with Crippen LogP contribution in [0.5, 0.6) is 0 Å². The van der Waals surface area contributed by atoms with Crippen molar-refractivity contribution in [1.29, 1.82) is 0 Å². The van der Waals surface area contributed by atoms with E-state index in [9.17, 15) is 18.0 Å². The summed E-state index contributed by atoms with van der Waals surface area (Å²) in [6.45, 7) is 7.55. The highest BCUT2D eigenvalue weighted by molar-refractivity contribution is 7.92. The van der Waals surface area contributed by atoms with Crippen LogP contribution < -0.4 is 9.62 Å². The molecule has 0 aliphatic heterocycles. The molecule has 214 valence electrons. The monoisotopic (exact) mass is 603 g/mol. The number of rotatable bonds is 12. The van der Waals surface area contributed by atoms with Crippen LogP contribution in [0.2, 0.25) is 10.0 Å². The molecule has 0 bridgehead atoms. The molecule has 1 unspecified atom stereocenters. The zero-order chi connectivity index (χ0) is 29.4. The van der Waals surface area contributed by atoms with E-state index in [1.807, 2.05) is 27.7 Å². The lowest BCUT2D eigenvalue weighted by Crippen LogP contribution is -2.52. The number of benzene rings is 3. The van der Waals surface area contributed by atoms with Crippen molar-refractivity contribution in [3.05, 3.63) is 94.0 Å². The van der Waals surface area contributed by atoms with Crippen LogP contribution in [0.15, 0.2) is 77.7 Å². The first-order chi connectivity index (χ1) is 18.9. The molecule has 40 heavy (non-hydrogen) atoms. The van der Waals surface area contributed by atoms with E-state index in [-0.39, 0.29) is 29.0 Å². The normalized spacial score (nSPS) is 12.2. The standard InChI is InChI=1S/C30H35Cl2N3O4S/c1-5-28(30(37)33-18-21(2)3)34(19-23-9-6-7-12-27(23)32)29(36)20-35(25-11-8-10-24(31)17-25)40(38,39)26-15-13-22(4)14-16-26/h6-17,21,28H,5,18-20H2,1-4H3,(H,33,37). The quantitative estimate of drug-likeness (QED) is 0.272. The Bertz CT molecular complexity index is 1430. The average molecular weight is 605 g/mol. The second-order valence-electron chi connectivity index (χ2n) is 9.98. The van der Waals surface area contributed by atoms with Crippen LogP contribution in [0.4, 0.5) is 5.69 Å². The third-order valence-corrected chi connectivity index (χ3v) is 8.74. The molecule has 10 heteroatoms. The highest BCUT2D eigenvalue weighted by Gasteiger charge is 2.34. The van der Waals surface area contributed by atoms with Gasteiger partial charge in [0, 0.05) is 23.1 Å². The highest BCUT2D eigenvalue weighted by atomic mass is 35.5. The van der Waals surface area contributed by atoms with Crippen LogP contribution in [0.3, 0.4) is 0 Å². The number of anilines is 1. The number of nitrogens with one attached hydrogen (secondary N) is 1. The Morgan fingerprint density at radius 1 is 0.950 bits per heavy atom. The molecule has 0 fully saturated rings. The van der Waals surface area contributed by atoms with Crippen LogP contribution in [-0.2, 0) is 26.2 Å². The van der Waals surface area contributed by atoms with Gasteiger partial charge in [-0.2, -0.15) is 0 Å². The van der Waals surface area contributed by atoms with E-state index in [1.54, 1.807) is 54.6 Å². The molecule has 0 spiro atoms. The minimum atomic E-state index is -4.17. The lowest BCUT2D eigenvalue weighted by Gasteiger charge is -2.33. The third kappa shape index (κ3) is 7.99. The first-order valence-electron chi connectivity index (χ1n) is 13.1. The summed E-state index contributed by atoms with van der Waals surface area (Å²) >= 11 is 12.6. The van der Waals surface area contributed by atoms with Gasteiger partial charge in [-0.25, -0.2) is 8.42 Å². The van der Waals surface area contributed by atoms with E-state index < -0.39 is 28.5 Å². The van der Waals surface area contributed by atoms with Gasteiger partial charge in [0.25, 0.3) is 10.0 Å². The van der Waals surface area contributed by atoms with E-state index >= 15 is 0 Å². The van der Waals surface area contributed by atoms with Gasteiger partial charge in [0.15, 0.2) is 0 Å². The molecule has 0 saturated carbocycles. The lowest BCUT2D eigenvalue weighted by molar-refractivity contribution is -0.140. The Hall–Kier alpha value is -3.07. The molecule has 0 aliphatic rings. The number of sulfonamides is 1. The summed E-state index contributed by atoms with van der Waals surface area (Å²) in [6.07, 6.45) is 0.321. The molecule has 3 aromatic rings. The zero-order valence-corrected chi connectivity index (χ0v) is 25.4. The highest BCUT2D eigenvalue weighted by Crippen LogP contribution is 2.27. The molecule has 7 nitrogen and oxygen atoms in total. The predicted octanol–water partition coefficient (Wildman–Crippen LogP) is 6.08. The van der Waals surface area contributed by atoms with Crippen LogP contribution in [0.1, 0.15) is 38.3 Å². The number of aryl methyl sites for hydroxylation is 1. The topological polar surface area (TPSA) is 86.8 Å². The SMILES string of the molecule is CCC(C(=O)NCC(C)C)N(Cc1ccccc1Cl)C(=O)CN(c1cccc(Cl)c1)S(=O)(=O)c1ccc(C)cc1. The fourth-order valence-electron chi connectivity index (χ4n) is 4.15. The van der Waals surface area contributed by atoms with Crippen molar-refractivity contribution >= 4 is 50.7 Å². The molecule has 0 aromatic heterocycles. The molecule has 1 atom stereocenters. The van der Waals surface area contributed by atoms with Gasteiger partial charge in [-0.1, -0.05) is 85.9 Å². The van der Waals surface area contributed by atoms with Gasteiger partial charge in [0.1, 0.15) is 12.6 Å². The lowest BCUT2D eigenvalue weighted by atomic mass is 10.1. The van der Waals surface area contributed by atoms with E-state index in [0.717, 1.165) is 9.87 Å². The second kappa shape index (κ2) is 14.0. The number of hydrogen-bond donors (Lipinski definition) is 1. The smallest absolute Gasteiger partial charge is 0.264 e. The van der Waals surface area contributed by atoms with Crippen LogP contribution in [0, 0.1) is 12.8 Å². The molecule has 0 aliphatic carbocycles. The van der Waals surface area contributed by atoms with Crippen molar-refractivity contribution in [2.24, 2.45) is 5.92 Å². The second-order valence-corrected chi connectivity index (χ2v) is 12.7. The van der Waals surface area contributed by atoms with Crippen molar-refractivity contribution in [3.8, 4) is 0 Å². The van der Waals surface area contributed by atoms with Crippen molar-refractivity contribution in [3.63, 3.8) is 0 Å². The number of amides is 2. The summed E-state index contributed by atoms with van der Waals surface area (Å²) in [5.41, 5.74) is 1.77. The fourth-order valence-corrected chi connectivity index (χ4v) is 5.94. The molecule has 0 radical (unpaired) electrons. The van der Waals surface area contributed by atoms with E-state index in [1.165, 1.54) is 23.1 Å². The van der Waals surface area contributed by atoms with E-state index in [0.29, 0.717) is 28.6 Å². The Balaban J connectivity index is 2.06. The summed E-state index contributed by atoms with van der Waals surface area (Å²) in [6, 6.07) is 18.9. The summed E-state index contributed by atoms with van der Waals surface area (Å²) in [7, 11) is -4.17. The number of carbonyl (C=O) groups excluding carboxylic acids is 2. The van der Waals surface area contributed by atoms with E-state index in [4.69, 9.17) is 23.2 Å². The molecule has 0 heterocycles. The van der Waals surface area contributed by atoms with Gasteiger partial charge in [-0.3, -0.25) is 13.9 Å². The van der Waals surface area contributed by atoms with Gasteiger partial charge in [0.2, 0.25) is 11.8 Å². The number of halogens is 2. The number of nitrogens with zero attached hydrogens (tertiary/aromatic N) is 2. The first-order valence-corrected chi connectivity index (χ1v) is 15.3. The summed E-state index contributed by atoms with van der Waals surface area (Å²) in [5, 5.41) is 3.67. The van der Waals surface area contributed by atoms with Crippen molar-refractivity contribution in [1.82, 2.24) is 10.2 Å². The zero-order valence-electron chi connectivity index (χ0n) is 23.1. The van der Waals surface area contributed by atoms with Crippen LogP contribution in [-0.4, -0.2) is 44.3 Å². The molecular formula is C30H35Cl2N3O4S. The Kier molecular flexibility index (Phi) is 11.0. The molecular weight excluding hydrogens is 569 g/mol. The maximum atomic E-state index is 14.1. The summed E-state index contributed by atoms with van der Waals surface area (Å²) in [4.78, 5) is 28.8. The Labute approximate surface area is 247 Å². The maximum Gasteiger partial charge on any atom is 0.264 e. The van der Waals surface area contributed by atoms with Gasteiger partial charge in [-0.05, 0) is 61.2 Å². The number of hydrogen-bond acceptors (Lipinski definition) is 4. The average Bonchev–Trinajstić information content (AvgIpc) is 2.91. The van der Waals surface area contributed by atoms with Crippen molar-refractivity contribution < 1.29 is 18.0 Å². The summed E-state index contributed by atoms with van der Waals surface area (Å²) < 4.78 is 28.8. The first kappa shape index (κ1) is 31.5. The van der Waals surface area contributed by atoms with Crippen molar-refractivity contribution in [2.45, 2.75) is 51.6 Å². The molecule has 2 amide bonds.